The van der Waals surface area contributed by atoms with Crippen LogP contribution >= 0.6 is 0 Å². The molecular formula is C15H27NO2. The molecule has 2 rings (SSSR count). The number of carbonyl (C=O) groups excluding carboxylic acids is 1. The Morgan fingerprint density at radius 1 is 1.22 bits per heavy atom. The van der Waals surface area contributed by atoms with E-state index >= 15 is 0 Å². The van der Waals surface area contributed by atoms with Crippen LogP contribution in [0.4, 0.5) is 0 Å². The smallest absolute Gasteiger partial charge is 0.309 e. The topological polar surface area (TPSA) is 29.5 Å². The summed E-state index contributed by atoms with van der Waals surface area (Å²) in [5.74, 6) is 1.05. The molecule has 104 valence electrons. The van der Waals surface area contributed by atoms with Crippen LogP contribution in [0.15, 0.2) is 0 Å². The van der Waals surface area contributed by atoms with E-state index in [-0.39, 0.29) is 11.9 Å². The van der Waals surface area contributed by atoms with Crippen LogP contribution in [0.2, 0.25) is 0 Å². The molecule has 0 aromatic carbocycles. The van der Waals surface area contributed by atoms with Gasteiger partial charge in [0.1, 0.15) is 0 Å². The lowest BCUT2D eigenvalue weighted by Gasteiger charge is -2.40. The molecule has 1 atom stereocenters. The second-order valence-electron chi connectivity index (χ2n) is 5.94. The number of esters is 1. The van der Waals surface area contributed by atoms with Crippen molar-refractivity contribution in [2.24, 2.45) is 11.8 Å². The Kier molecular flexibility index (Phi) is 5.04. The second-order valence-corrected chi connectivity index (χ2v) is 5.94. The molecule has 0 bridgehead atoms. The lowest BCUT2D eigenvalue weighted by Crippen LogP contribution is -2.46. The van der Waals surface area contributed by atoms with Crippen molar-refractivity contribution in [3.63, 3.8) is 0 Å². The van der Waals surface area contributed by atoms with E-state index in [9.17, 15) is 4.79 Å². The van der Waals surface area contributed by atoms with Crippen molar-refractivity contribution < 1.29 is 9.53 Å². The first kappa shape index (κ1) is 13.9. The predicted molar refractivity (Wildman–Crippen MR) is 72.4 cm³/mol. The van der Waals surface area contributed by atoms with Gasteiger partial charge in [-0.3, -0.25) is 9.69 Å². The summed E-state index contributed by atoms with van der Waals surface area (Å²) in [6.45, 7) is 4.41. The zero-order valence-electron chi connectivity index (χ0n) is 11.9. The lowest BCUT2D eigenvalue weighted by molar-refractivity contribution is -0.147. The Bertz CT molecular complexity index is 272. The summed E-state index contributed by atoms with van der Waals surface area (Å²) >= 11 is 0. The highest BCUT2D eigenvalue weighted by molar-refractivity contribution is 5.72. The standard InChI is InChI=1S/C15H27NO2/c1-3-12-6-8-14(9-7-12)16-10-4-5-13(11-16)15(17)18-2/h12-14H,3-11H2,1-2H3. The van der Waals surface area contributed by atoms with E-state index in [4.69, 9.17) is 4.74 Å². The summed E-state index contributed by atoms with van der Waals surface area (Å²) < 4.78 is 4.89. The highest BCUT2D eigenvalue weighted by Crippen LogP contribution is 2.31. The third-order valence-corrected chi connectivity index (χ3v) is 4.90. The fraction of sp³-hybridized carbons (Fsp3) is 0.933. The molecule has 0 aromatic heterocycles. The first-order valence-electron chi connectivity index (χ1n) is 7.56. The maximum atomic E-state index is 11.6. The number of methoxy groups -OCH3 is 1. The number of piperidine rings is 1. The minimum absolute atomic E-state index is 0.0121. The maximum absolute atomic E-state index is 11.6. The molecule has 1 heterocycles. The van der Waals surface area contributed by atoms with E-state index in [0.29, 0.717) is 0 Å². The monoisotopic (exact) mass is 253 g/mol. The number of rotatable bonds is 3. The molecule has 0 aromatic rings. The minimum atomic E-state index is -0.0121. The first-order chi connectivity index (χ1) is 8.74. The Hall–Kier alpha value is -0.570. The van der Waals surface area contributed by atoms with Crippen molar-refractivity contribution in [2.75, 3.05) is 20.2 Å². The molecule has 0 N–H and O–H groups in total. The Morgan fingerprint density at radius 2 is 1.94 bits per heavy atom. The average molecular weight is 253 g/mol. The van der Waals surface area contributed by atoms with E-state index in [1.54, 1.807) is 0 Å². The van der Waals surface area contributed by atoms with Gasteiger partial charge in [0.2, 0.25) is 0 Å². The van der Waals surface area contributed by atoms with Gasteiger partial charge in [-0.1, -0.05) is 13.3 Å². The van der Waals surface area contributed by atoms with Crippen LogP contribution in [-0.4, -0.2) is 37.1 Å². The third kappa shape index (κ3) is 3.25. The predicted octanol–water partition coefficient (Wildman–Crippen LogP) is 2.84. The molecule has 2 fully saturated rings. The van der Waals surface area contributed by atoms with Gasteiger partial charge in [0.15, 0.2) is 0 Å². The number of likely N-dealkylation sites (tertiary alicyclic amines) is 1. The van der Waals surface area contributed by atoms with Gasteiger partial charge < -0.3 is 4.74 Å². The molecule has 0 radical (unpaired) electrons. The van der Waals surface area contributed by atoms with E-state index in [2.05, 4.69) is 11.8 Å². The number of carbonyl (C=O) groups is 1. The van der Waals surface area contributed by atoms with Crippen LogP contribution in [0.25, 0.3) is 0 Å². The van der Waals surface area contributed by atoms with Gasteiger partial charge in [-0.05, 0) is 51.0 Å². The van der Waals surface area contributed by atoms with Crippen LogP contribution in [-0.2, 0) is 9.53 Å². The Balaban J connectivity index is 1.84. The van der Waals surface area contributed by atoms with E-state index in [0.717, 1.165) is 31.3 Å². The SMILES string of the molecule is CCC1CCC(N2CCCC(C(=O)OC)C2)CC1. The van der Waals surface area contributed by atoms with Gasteiger partial charge in [0.05, 0.1) is 13.0 Å². The number of hydrogen-bond donors (Lipinski definition) is 0. The highest BCUT2D eigenvalue weighted by Gasteiger charge is 2.32. The normalized spacial score (nSPS) is 34.2. The van der Waals surface area contributed by atoms with Crippen molar-refractivity contribution in [2.45, 2.75) is 57.9 Å². The zero-order valence-corrected chi connectivity index (χ0v) is 11.9. The minimum Gasteiger partial charge on any atom is -0.469 e. The van der Waals surface area contributed by atoms with Gasteiger partial charge in [0, 0.05) is 12.6 Å². The van der Waals surface area contributed by atoms with Gasteiger partial charge >= 0.3 is 5.97 Å². The fourth-order valence-electron chi connectivity index (χ4n) is 3.62. The summed E-state index contributed by atoms with van der Waals surface area (Å²) in [7, 11) is 1.51. The molecule has 2 aliphatic rings. The molecule has 0 spiro atoms. The van der Waals surface area contributed by atoms with Crippen LogP contribution < -0.4 is 0 Å². The highest BCUT2D eigenvalue weighted by atomic mass is 16.5. The quantitative estimate of drug-likeness (QED) is 0.724. The summed E-state index contributed by atoms with van der Waals surface area (Å²) in [6.07, 6.45) is 8.89. The molecule has 18 heavy (non-hydrogen) atoms. The largest absolute Gasteiger partial charge is 0.469 e. The molecule has 1 saturated carbocycles. The molecule has 1 aliphatic heterocycles. The van der Waals surface area contributed by atoms with E-state index in [1.807, 2.05) is 0 Å². The van der Waals surface area contributed by atoms with Crippen molar-refractivity contribution in [1.82, 2.24) is 4.90 Å². The van der Waals surface area contributed by atoms with Crippen molar-refractivity contribution in [3.05, 3.63) is 0 Å². The van der Waals surface area contributed by atoms with Crippen LogP contribution in [0.3, 0.4) is 0 Å². The number of nitrogens with zero attached hydrogens (tertiary/aromatic N) is 1. The van der Waals surface area contributed by atoms with Crippen molar-refractivity contribution in [3.8, 4) is 0 Å². The molecule has 3 nitrogen and oxygen atoms in total. The summed E-state index contributed by atoms with van der Waals surface area (Å²) in [4.78, 5) is 14.2. The van der Waals surface area contributed by atoms with Gasteiger partial charge in [-0.25, -0.2) is 0 Å². The Labute approximate surface area is 111 Å². The zero-order chi connectivity index (χ0) is 13.0. The molecule has 1 aliphatic carbocycles. The number of hydrogen-bond acceptors (Lipinski definition) is 3. The van der Waals surface area contributed by atoms with Crippen LogP contribution in [0.5, 0.6) is 0 Å². The molecule has 0 amide bonds. The fourth-order valence-corrected chi connectivity index (χ4v) is 3.62. The molecule has 1 unspecified atom stereocenters. The average Bonchev–Trinajstić information content (AvgIpc) is 2.46. The second kappa shape index (κ2) is 6.55. The Morgan fingerprint density at radius 3 is 2.56 bits per heavy atom. The van der Waals surface area contributed by atoms with Crippen LogP contribution in [0.1, 0.15) is 51.9 Å². The molecular weight excluding hydrogens is 226 g/mol. The molecule has 3 heteroatoms. The van der Waals surface area contributed by atoms with Crippen molar-refractivity contribution in [1.29, 1.82) is 0 Å². The maximum Gasteiger partial charge on any atom is 0.309 e. The molecule has 1 saturated heterocycles. The summed E-state index contributed by atoms with van der Waals surface area (Å²) in [5.41, 5.74) is 0. The van der Waals surface area contributed by atoms with Gasteiger partial charge in [0.25, 0.3) is 0 Å². The first-order valence-corrected chi connectivity index (χ1v) is 7.56. The third-order valence-electron chi connectivity index (χ3n) is 4.90. The van der Waals surface area contributed by atoms with E-state index in [1.165, 1.54) is 45.8 Å². The van der Waals surface area contributed by atoms with Gasteiger partial charge in [-0.15, -0.1) is 0 Å². The van der Waals surface area contributed by atoms with Gasteiger partial charge in [-0.2, -0.15) is 0 Å². The summed E-state index contributed by atoms with van der Waals surface area (Å²) in [5, 5.41) is 0. The lowest BCUT2D eigenvalue weighted by atomic mass is 9.83. The van der Waals surface area contributed by atoms with E-state index < -0.39 is 0 Å². The summed E-state index contributed by atoms with van der Waals surface area (Å²) in [6, 6.07) is 0.722. The number of ether oxygens (including phenoxy) is 1. The van der Waals surface area contributed by atoms with Crippen LogP contribution in [0, 0.1) is 11.8 Å². The van der Waals surface area contributed by atoms with Crippen molar-refractivity contribution >= 4 is 5.97 Å².